The second-order valence-electron chi connectivity index (χ2n) is 2.31. The molecule has 0 radical (unpaired) electrons. The third-order valence-corrected chi connectivity index (χ3v) is 2.83. The first-order valence-electron chi connectivity index (χ1n) is 3.27. The molecule has 0 amide bonds. The molecule has 0 aliphatic heterocycles. The SMILES string of the molecule is O=S(=O)(O)c1ccccc1C(Cl)Cl. The van der Waals surface area contributed by atoms with Gasteiger partial charge in [-0.05, 0) is 6.07 Å². The third-order valence-electron chi connectivity index (χ3n) is 1.43. The first kappa shape index (κ1) is 10.8. The normalized spacial score (nSPS) is 12.0. The molecule has 0 atom stereocenters. The van der Waals surface area contributed by atoms with E-state index < -0.39 is 15.0 Å². The molecule has 0 unspecified atom stereocenters. The molecule has 0 bridgehead atoms. The van der Waals surface area contributed by atoms with Crippen LogP contribution < -0.4 is 0 Å². The summed E-state index contributed by atoms with van der Waals surface area (Å²) in [5, 5.41) is 0. The molecule has 0 heterocycles. The van der Waals surface area contributed by atoms with E-state index in [2.05, 4.69) is 0 Å². The summed E-state index contributed by atoms with van der Waals surface area (Å²) >= 11 is 11.0. The average Bonchev–Trinajstić information content (AvgIpc) is 2.03. The van der Waals surface area contributed by atoms with Crippen LogP contribution in [0.2, 0.25) is 0 Å². The zero-order valence-corrected chi connectivity index (χ0v) is 8.64. The lowest BCUT2D eigenvalue weighted by molar-refractivity contribution is 0.482. The van der Waals surface area contributed by atoms with Crippen molar-refractivity contribution in [3.8, 4) is 0 Å². The second-order valence-corrected chi connectivity index (χ2v) is 4.80. The summed E-state index contributed by atoms with van der Waals surface area (Å²) < 4.78 is 30.4. The number of hydrogen-bond donors (Lipinski definition) is 1. The Balaban J connectivity index is 3.37. The fraction of sp³-hybridized carbons (Fsp3) is 0.143. The van der Waals surface area contributed by atoms with Crippen molar-refractivity contribution in [2.75, 3.05) is 0 Å². The number of halogens is 2. The van der Waals surface area contributed by atoms with E-state index >= 15 is 0 Å². The van der Waals surface area contributed by atoms with Gasteiger partial charge in [0.1, 0.15) is 4.84 Å². The standard InChI is InChI=1S/C7H6Cl2O3S/c8-7(9)5-3-1-2-4-6(5)13(10,11)12/h1-4,7H,(H,10,11,12). The molecule has 0 saturated carbocycles. The Morgan fingerprint density at radius 2 is 1.77 bits per heavy atom. The molecule has 0 fully saturated rings. The molecule has 6 heteroatoms. The summed E-state index contributed by atoms with van der Waals surface area (Å²) in [6.45, 7) is 0. The van der Waals surface area contributed by atoms with E-state index in [0.29, 0.717) is 0 Å². The van der Waals surface area contributed by atoms with Crippen molar-refractivity contribution in [2.45, 2.75) is 9.73 Å². The van der Waals surface area contributed by atoms with E-state index in [1.165, 1.54) is 18.2 Å². The van der Waals surface area contributed by atoms with Gasteiger partial charge in [-0.3, -0.25) is 4.55 Å². The molecule has 0 aliphatic rings. The van der Waals surface area contributed by atoms with Crippen LogP contribution in [0.4, 0.5) is 0 Å². The van der Waals surface area contributed by atoms with Gasteiger partial charge in [0.2, 0.25) is 0 Å². The molecule has 0 spiro atoms. The third kappa shape index (κ3) is 2.57. The van der Waals surface area contributed by atoms with Crippen molar-refractivity contribution in [3.63, 3.8) is 0 Å². The summed E-state index contributed by atoms with van der Waals surface area (Å²) in [6.07, 6.45) is 0. The van der Waals surface area contributed by atoms with Crippen molar-refractivity contribution in [3.05, 3.63) is 29.8 Å². The molecule has 72 valence electrons. The van der Waals surface area contributed by atoms with E-state index in [0.717, 1.165) is 0 Å². The minimum absolute atomic E-state index is 0.174. The van der Waals surface area contributed by atoms with E-state index in [1.54, 1.807) is 6.07 Å². The molecule has 3 nitrogen and oxygen atoms in total. The highest BCUT2D eigenvalue weighted by atomic mass is 35.5. The number of benzene rings is 1. The lowest BCUT2D eigenvalue weighted by atomic mass is 10.2. The monoisotopic (exact) mass is 240 g/mol. The Labute approximate surface area is 86.0 Å². The zero-order chi connectivity index (χ0) is 10.1. The minimum Gasteiger partial charge on any atom is -0.282 e. The predicted molar refractivity (Wildman–Crippen MR) is 50.7 cm³/mol. The maximum atomic E-state index is 10.8. The summed E-state index contributed by atoms with van der Waals surface area (Å²) in [5.41, 5.74) is 0.174. The van der Waals surface area contributed by atoms with Crippen LogP contribution in [0.15, 0.2) is 29.2 Å². The largest absolute Gasteiger partial charge is 0.294 e. The molecule has 0 saturated heterocycles. The van der Waals surface area contributed by atoms with Crippen LogP contribution in [-0.2, 0) is 10.1 Å². The molecule has 1 aromatic rings. The van der Waals surface area contributed by atoms with Gasteiger partial charge < -0.3 is 0 Å². The molecule has 0 aromatic heterocycles. The quantitative estimate of drug-likeness (QED) is 0.638. The van der Waals surface area contributed by atoms with Crippen LogP contribution >= 0.6 is 23.2 Å². The van der Waals surface area contributed by atoms with Gasteiger partial charge >= 0.3 is 0 Å². The number of alkyl halides is 2. The van der Waals surface area contributed by atoms with Crippen molar-refractivity contribution >= 4 is 33.3 Å². The van der Waals surface area contributed by atoms with E-state index in [4.69, 9.17) is 27.8 Å². The minimum atomic E-state index is -4.25. The maximum absolute atomic E-state index is 10.8. The van der Waals surface area contributed by atoms with Crippen molar-refractivity contribution in [1.82, 2.24) is 0 Å². The summed E-state index contributed by atoms with van der Waals surface area (Å²) in [4.78, 5) is -1.23. The molecule has 0 aliphatic carbocycles. The van der Waals surface area contributed by atoms with Crippen LogP contribution in [0.25, 0.3) is 0 Å². The fourth-order valence-corrected chi connectivity index (χ4v) is 2.14. The first-order valence-corrected chi connectivity index (χ1v) is 5.59. The van der Waals surface area contributed by atoms with Gasteiger partial charge in [0.15, 0.2) is 0 Å². The van der Waals surface area contributed by atoms with Crippen molar-refractivity contribution in [2.24, 2.45) is 0 Å². The molecular formula is C7H6Cl2O3S. The highest BCUT2D eigenvalue weighted by molar-refractivity contribution is 7.85. The fourth-order valence-electron chi connectivity index (χ4n) is 0.896. The van der Waals surface area contributed by atoms with Crippen molar-refractivity contribution < 1.29 is 13.0 Å². The van der Waals surface area contributed by atoms with Gasteiger partial charge in [-0.1, -0.05) is 18.2 Å². The second kappa shape index (κ2) is 3.84. The summed E-state index contributed by atoms with van der Waals surface area (Å²) in [6, 6.07) is 5.74. The molecular weight excluding hydrogens is 235 g/mol. The predicted octanol–water partition coefficient (Wildman–Crippen LogP) is 2.41. The van der Waals surface area contributed by atoms with Crippen LogP contribution in [0.5, 0.6) is 0 Å². The smallest absolute Gasteiger partial charge is 0.282 e. The van der Waals surface area contributed by atoms with Crippen LogP contribution in [0.3, 0.4) is 0 Å². The van der Waals surface area contributed by atoms with Gasteiger partial charge in [0.25, 0.3) is 10.1 Å². The zero-order valence-electron chi connectivity index (χ0n) is 6.31. The number of hydrogen-bond acceptors (Lipinski definition) is 2. The van der Waals surface area contributed by atoms with Crippen LogP contribution in [0, 0.1) is 0 Å². The highest BCUT2D eigenvalue weighted by Crippen LogP contribution is 2.29. The number of rotatable bonds is 2. The Morgan fingerprint density at radius 1 is 1.23 bits per heavy atom. The molecule has 1 aromatic carbocycles. The Hall–Kier alpha value is -0.290. The van der Waals surface area contributed by atoms with Crippen LogP contribution in [0.1, 0.15) is 10.4 Å². The highest BCUT2D eigenvalue weighted by Gasteiger charge is 2.18. The maximum Gasteiger partial charge on any atom is 0.294 e. The topological polar surface area (TPSA) is 54.4 Å². The Morgan fingerprint density at radius 3 is 2.15 bits per heavy atom. The average molecular weight is 241 g/mol. The first-order chi connectivity index (χ1) is 5.93. The van der Waals surface area contributed by atoms with E-state index in [9.17, 15) is 8.42 Å². The van der Waals surface area contributed by atoms with Gasteiger partial charge in [-0.2, -0.15) is 8.42 Å². The molecule has 1 N–H and O–H groups in total. The molecule has 1 rings (SSSR count). The van der Waals surface area contributed by atoms with Crippen LogP contribution in [-0.4, -0.2) is 13.0 Å². The van der Waals surface area contributed by atoms with E-state index in [-0.39, 0.29) is 10.5 Å². The van der Waals surface area contributed by atoms with Crippen molar-refractivity contribution in [1.29, 1.82) is 0 Å². The lowest BCUT2D eigenvalue weighted by Gasteiger charge is -2.06. The Bertz CT molecular complexity index is 400. The van der Waals surface area contributed by atoms with E-state index in [1.807, 2.05) is 0 Å². The molecule has 13 heavy (non-hydrogen) atoms. The Kier molecular flexibility index (Phi) is 3.18. The van der Waals surface area contributed by atoms with Gasteiger partial charge in [0, 0.05) is 5.56 Å². The summed E-state index contributed by atoms with van der Waals surface area (Å²) in [5.74, 6) is 0. The summed E-state index contributed by atoms with van der Waals surface area (Å²) in [7, 11) is -4.25. The van der Waals surface area contributed by atoms with Gasteiger partial charge in [0.05, 0.1) is 4.90 Å². The van der Waals surface area contributed by atoms with Gasteiger partial charge in [-0.25, -0.2) is 0 Å². The lowest BCUT2D eigenvalue weighted by Crippen LogP contribution is -2.02. The van der Waals surface area contributed by atoms with Gasteiger partial charge in [-0.15, -0.1) is 23.2 Å².